The van der Waals surface area contributed by atoms with Gasteiger partial charge in [0.2, 0.25) is 0 Å². The fraction of sp³-hybridized carbons (Fsp3) is 0.176. The quantitative estimate of drug-likeness (QED) is 0.755. The summed E-state index contributed by atoms with van der Waals surface area (Å²) in [6, 6.07) is 6.92. The molecule has 0 radical (unpaired) electrons. The van der Waals surface area contributed by atoms with Crippen molar-refractivity contribution in [1.82, 2.24) is 0 Å². The van der Waals surface area contributed by atoms with Crippen molar-refractivity contribution in [1.29, 1.82) is 0 Å². The van der Waals surface area contributed by atoms with E-state index in [9.17, 15) is 22.8 Å². The molecule has 2 rings (SSSR count). The summed E-state index contributed by atoms with van der Waals surface area (Å²) in [7, 11) is 1.36. The number of hydrogen-bond donors (Lipinski definition) is 1. The third-order valence-corrected chi connectivity index (χ3v) is 3.58. The first-order chi connectivity index (χ1) is 12.2. The van der Waals surface area contributed by atoms with Crippen LogP contribution in [0, 0.1) is 0 Å². The van der Waals surface area contributed by atoms with Crippen molar-refractivity contribution in [2.45, 2.75) is 6.18 Å². The van der Waals surface area contributed by atoms with Crippen LogP contribution in [0.15, 0.2) is 36.4 Å². The number of carbonyl (C=O) groups is 2. The van der Waals surface area contributed by atoms with Gasteiger partial charge in [0.25, 0.3) is 5.91 Å². The molecule has 0 spiro atoms. The fourth-order valence-electron chi connectivity index (χ4n) is 2.00. The third kappa shape index (κ3) is 4.89. The summed E-state index contributed by atoms with van der Waals surface area (Å²) in [6.07, 6.45) is -3.94. The lowest BCUT2D eigenvalue weighted by atomic mass is 10.2. The Morgan fingerprint density at radius 2 is 1.92 bits per heavy atom. The molecule has 0 unspecified atom stereocenters. The van der Waals surface area contributed by atoms with E-state index >= 15 is 0 Å². The van der Waals surface area contributed by atoms with E-state index in [1.807, 2.05) is 0 Å². The van der Waals surface area contributed by atoms with E-state index in [-0.39, 0.29) is 22.2 Å². The Labute approximate surface area is 151 Å². The molecule has 0 aromatic heterocycles. The number of aldehydes is 1. The van der Waals surface area contributed by atoms with Crippen LogP contribution < -0.4 is 14.8 Å². The molecule has 138 valence electrons. The Morgan fingerprint density at radius 1 is 1.19 bits per heavy atom. The standard InChI is InChI=1S/C17H13ClF3NO4/c1-25-15-6-10(8-23)2-5-14(15)26-9-16(24)22-13-7-11(17(19,20)21)3-4-12(13)18/h2-8H,9H2,1H3,(H,22,24). The lowest BCUT2D eigenvalue weighted by Crippen LogP contribution is -2.21. The van der Waals surface area contributed by atoms with Crippen molar-refractivity contribution in [2.24, 2.45) is 0 Å². The van der Waals surface area contributed by atoms with Crippen molar-refractivity contribution in [3.8, 4) is 11.5 Å². The molecule has 5 nitrogen and oxygen atoms in total. The maximum absolute atomic E-state index is 12.7. The Bertz CT molecular complexity index is 824. The molecular formula is C17H13ClF3NO4. The van der Waals surface area contributed by atoms with Crippen LogP contribution in [0.4, 0.5) is 18.9 Å². The van der Waals surface area contributed by atoms with Gasteiger partial charge in [-0.05, 0) is 36.4 Å². The van der Waals surface area contributed by atoms with Crippen LogP contribution in [0.2, 0.25) is 5.02 Å². The van der Waals surface area contributed by atoms with Gasteiger partial charge in [-0.3, -0.25) is 9.59 Å². The number of ether oxygens (including phenoxy) is 2. The van der Waals surface area contributed by atoms with Gasteiger partial charge in [0.15, 0.2) is 18.1 Å². The molecule has 0 atom stereocenters. The molecule has 0 saturated heterocycles. The maximum Gasteiger partial charge on any atom is 0.416 e. The van der Waals surface area contributed by atoms with Crippen LogP contribution in [0.25, 0.3) is 0 Å². The van der Waals surface area contributed by atoms with Crippen LogP contribution in [-0.2, 0) is 11.0 Å². The average Bonchev–Trinajstić information content (AvgIpc) is 2.60. The molecule has 0 aliphatic heterocycles. The van der Waals surface area contributed by atoms with Gasteiger partial charge in [0.05, 0.1) is 23.4 Å². The summed E-state index contributed by atoms with van der Waals surface area (Å²) in [4.78, 5) is 22.7. The number of benzene rings is 2. The zero-order valence-electron chi connectivity index (χ0n) is 13.4. The number of rotatable bonds is 6. The number of nitrogens with one attached hydrogen (secondary N) is 1. The Morgan fingerprint density at radius 3 is 2.54 bits per heavy atom. The summed E-state index contributed by atoms with van der Waals surface area (Å²) in [5, 5.41) is 2.22. The van der Waals surface area contributed by atoms with E-state index in [4.69, 9.17) is 21.1 Å². The number of methoxy groups -OCH3 is 1. The summed E-state index contributed by atoms with van der Waals surface area (Å²) in [5.41, 5.74) is -0.767. The minimum absolute atomic E-state index is 0.0423. The molecule has 1 N–H and O–H groups in total. The van der Waals surface area contributed by atoms with E-state index in [0.717, 1.165) is 18.2 Å². The molecule has 2 aromatic carbocycles. The Hall–Kier alpha value is -2.74. The van der Waals surface area contributed by atoms with E-state index in [0.29, 0.717) is 11.8 Å². The van der Waals surface area contributed by atoms with Gasteiger partial charge in [0, 0.05) is 5.56 Å². The number of hydrogen-bond acceptors (Lipinski definition) is 4. The number of carbonyl (C=O) groups excluding carboxylic acids is 2. The molecule has 0 fully saturated rings. The maximum atomic E-state index is 12.7. The van der Waals surface area contributed by atoms with Gasteiger partial charge in [0.1, 0.15) is 6.29 Å². The number of halogens is 4. The van der Waals surface area contributed by atoms with Gasteiger partial charge in [-0.2, -0.15) is 13.2 Å². The smallest absolute Gasteiger partial charge is 0.416 e. The normalized spacial score (nSPS) is 11.0. The summed E-state index contributed by atoms with van der Waals surface area (Å²) < 4.78 is 48.5. The van der Waals surface area contributed by atoms with Crippen LogP contribution >= 0.6 is 11.6 Å². The molecule has 0 saturated carbocycles. The first-order valence-electron chi connectivity index (χ1n) is 7.17. The van der Waals surface area contributed by atoms with Crippen LogP contribution in [0.1, 0.15) is 15.9 Å². The van der Waals surface area contributed by atoms with Crippen molar-refractivity contribution in [2.75, 3.05) is 19.0 Å². The second kappa shape index (κ2) is 8.09. The molecular weight excluding hydrogens is 375 g/mol. The van der Waals surface area contributed by atoms with Crippen molar-refractivity contribution in [3.05, 3.63) is 52.5 Å². The van der Waals surface area contributed by atoms with E-state index in [1.165, 1.54) is 25.3 Å². The highest BCUT2D eigenvalue weighted by molar-refractivity contribution is 6.33. The second-order valence-electron chi connectivity index (χ2n) is 5.06. The van der Waals surface area contributed by atoms with Crippen molar-refractivity contribution < 1.29 is 32.2 Å². The van der Waals surface area contributed by atoms with Crippen LogP contribution in [-0.4, -0.2) is 25.9 Å². The molecule has 26 heavy (non-hydrogen) atoms. The lowest BCUT2D eigenvalue weighted by molar-refractivity contribution is -0.137. The lowest BCUT2D eigenvalue weighted by Gasteiger charge is -2.13. The minimum atomic E-state index is -4.56. The van der Waals surface area contributed by atoms with Crippen LogP contribution in [0.3, 0.4) is 0 Å². The fourth-order valence-corrected chi connectivity index (χ4v) is 2.17. The highest BCUT2D eigenvalue weighted by Gasteiger charge is 2.31. The topological polar surface area (TPSA) is 64.6 Å². The second-order valence-corrected chi connectivity index (χ2v) is 5.46. The van der Waals surface area contributed by atoms with Gasteiger partial charge >= 0.3 is 6.18 Å². The number of amides is 1. The molecule has 2 aromatic rings. The van der Waals surface area contributed by atoms with Gasteiger partial charge in [-0.1, -0.05) is 11.6 Å². The van der Waals surface area contributed by atoms with E-state index in [1.54, 1.807) is 0 Å². The van der Waals surface area contributed by atoms with E-state index < -0.39 is 24.3 Å². The van der Waals surface area contributed by atoms with Gasteiger partial charge in [-0.25, -0.2) is 0 Å². The van der Waals surface area contributed by atoms with Gasteiger partial charge in [-0.15, -0.1) is 0 Å². The number of alkyl halides is 3. The molecule has 0 heterocycles. The predicted molar refractivity (Wildman–Crippen MR) is 89.0 cm³/mol. The molecule has 1 amide bonds. The zero-order chi connectivity index (χ0) is 19.3. The summed E-state index contributed by atoms with van der Waals surface area (Å²) in [6.45, 7) is -0.497. The predicted octanol–water partition coefficient (Wildman–Crippen LogP) is 4.20. The minimum Gasteiger partial charge on any atom is -0.493 e. The molecule has 9 heteroatoms. The highest BCUT2D eigenvalue weighted by atomic mass is 35.5. The highest BCUT2D eigenvalue weighted by Crippen LogP contribution is 2.34. The monoisotopic (exact) mass is 387 g/mol. The summed E-state index contributed by atoms with van der Waals surface area (Å²) >= 11 is 5.81. The summed E-state index contributed by atoms with van der Waals surface area (Å²) in [5.74, 6) is -0.282. The largest absolute Gasteiger partial charge is 0.493 e. The third-order valence-electron chi connectivity index (χ3n) is 3.25. The zero-order valence-corrected chi connectivity index (χ0v) is 14.1. The SMILES string of the molecule is COc1cc(C=O)ccc1OCC(=O)Nc1cc(C(F)(F)F)ccc1Cl. The van der Waals surface area contributed by atoms with Gasteiger partial charge < -0.3 is 14.8 Å². The van der Waals surface area contributed by atoms with Crippen molar-refractivity contribution >= 4 is 29.5 Å². The average molecular weight is 388 g/mol. The van der Waals surface area contributed by atoms with Crippen LogP contribution in [0.5, 0.6) is 11.5 Å². The number of anilines is 1. The Balaban J connectivity index is 2.07. The van der Waals surface area contributed by atoms with Crippen molar-refractivity contribution in [3.63, 3.8) is 0 Å². The molecule has 0 aliphatic rings. The first-order valence-corrected chi connectivity index (χ1v) is 7.55. The molecule has 0 bridgehead atoms. The first kappa shape index (κ1) is 19.6. The van der Waals surface area contributed by atoms with E-state index in [2.05, 4.69) is 5.32 Å². The Kier molecular flexibility index (Phi) is 6.10. The molecule has 0 aliphatic carbocycles.